The summed E-state index contributed by atoms with van der Waals surface area (Å²) in [4.78, 5) is 4.66. The largest absolute Gasteiger partial charge is 0.456 e. The lowest BCUT2D eigenvalue weighted by Gasteiger charge is -2.28. The molecule has 7 nitrogen and oxygen atoms in total. The minimum atomic E-state index is 0.253. The first-order valence-corrected chi connectivity index (χ1v) is 25.5. The molecule has 0 saturated heterocycles. The summed E-state index contributed by atoms with van der Waals surface area (Å²) in [5.41, 5.74) is 19.3. The van der Waals surface area contributed by atoms with Gasteiger partial charge in [0.05, 0.1) is 90.5 Å². The van der Waals surface area contributed by atoms with Crippen molar-refractivity contribution in [2.45, 2.75) is 41.5 Å². The van der Waals surface area contributed by atoms with Crippen LogP contribution in [-0.2, 0) is 0 Å². The van der Waals surface area contributed by atoms with E-state index in [1.807, 2.05) is 12.1 Å². The van der Waals surface area contributed by atoms with Crippen LogP contribution in [-0.4, -0.2) is 18.3 Å². The Balaban J connectivity index is 1.32. The van der Waals surface area contributed by atoms with E-state index in [4.69, 9.17) is 4.42 Å². The normalized spacial score (nSPS) is 12.1. The van der Waals surface area contributed by atoms with Crippen molar-refractivity contribution in [2.24, 2.45) is 0 Å². The Morgan fingerprint density at radius 3 is 1.20 bits per heavy atom. The van der Waals surface area contributed by atoms with Crippen LogP contribution in [0.25, 0.3) is 137 Å². The number of benzene rings is 10. The smallest absolute Gasteiger partial charge is 0.232 e. The fourth-order valence-electron chi connectivity index (χ4n) is 12.7. The molecule has 15 rings (SSSR count). The van der Waals surface area contributed by atoms with Gasteiger partial charge in [-0.2, -0.15) is 5.26 Å². The van der Waals surface area contributed by atoms with Gasteiger partial charge in [0.2, 0.25) is 5.69 Å². The predicted octanol–water partition coefficient (Wildman–Crippen LogP) is 18.2. The molecule has 0 saturated carbocycles. The molecule has 0 N–H and O–H groups in total. The summed E-state index contributed by atoms with van der Waals surface area (Å²) in [5.74, 6) is 0. The van der Waals surface area contributed by atoms with Crippen LogP contribution in [0.1, 0.15) is 38.9 Å². The Morgan fingerprint density at radius 2 is 0.760 bits per heavy atom. The van der Waals surface area contributed by atoms with Crippen molar-refractivity contribution in [3.63, 3.8) is 0 Å². The Labute approximate surface area is 431 Å². The number of aryl methyl sites for hydroxylation is 6. The van der Waals surface area contributed by atoms with Crippen molar-refractivity contribution in [2.75, 3.05) is 0 Å². The van der Waals surface area contributed by atoms with E-state index in [1.165, 1.54) is 0 Å². The molecule has 0 unspecified atom stereocenters. The zero-order chi connectivity index (χ0) is 50.7. The first kappa shape index (κ1) is 42.8. The molecule has 7 heteroatoms. The third-order valence-corrected chi connectivity index (χ3v) is 15.9. The second kappa shape index (κ2) is 15.4. The van der Waals surface area contributed by atoms with Crippen LogP contribution >= 0.6 is 0 Å². The van der Waals surface area contributed by atoms with E-state index in [1.54, 1.807) is 0 Å². The molecule has 0 aliphatic heterocycles. The van der Waals surface area contributed by atoms with E-state index in [0.717, 1.165) is 154 Å². The Bertz CT molecular complexity index is 4990. The fraction of sp³-hybridized carbons (Fsp3) is 0.0882. The second-order valence-corrected chi connectivity index (χ2v) is 20.8. The molecule has 0 aliphatic carbocycles. The molecule has 10 aromatic carbocycles. The SMILES string of the molecule is [C-]#[N+]c1c(C#N)c(-n2c3ccccc3c3ccc4oc5ccccc5c4c32)c(-n2c3ccc(C)cc3c3cc(C)ccc32)c(-n2c3ccc(C)cc3c3cc(C)ccc32)c1-n1c2ccc(C)cc2c2cc(C)ccc21. The molecule has 354 valence electrons. The minimum Gasteiger partial charge on any atom is -0.456 e. The molecule has 0 fully saturated rings. The molecule has 5 heterocycles. The molecular weight excluding hydrogens is 917 g/mol. The monoisotopic (exact) mass is 962 g/mol. The average molecular weight is 963 g/mol. The fourth-order valence-corrected chi connectivity index (χ4v) is 12.7. The van der Waals surface area contributed by atoms with E-state index in [2.05, 4.69) is 228 Å². The van der Waals surface area contributed by atoms with Crippen molar-refractivity contribution in [1.82, 2.24) is 18.3 Å². The van der Waals surface area contributed by atoms with Crippen LogP contribution in [0.3, 0.4) is 0 Å². The molecule has 0 spiro atoms. The van der Waals surface area contributed by atoms with E-state index in [-0.39, 0.29) is 11.3 Å². The highest BCUT2D eigenvalue weighted by Crippen LogP contribution is 2.53. The summed E-state index contributed by atoms with van der Waals surface area (Å²) in [5, 5.41) is 22.9. The third-order valence-electron chi connectivity index (χ3n) is 15.9. The number of hydrogen-bond donors (Lipinski definition) is 0. The quantitative estimate of drug-likeness (QED) is 0.165. The van der Waals surface area contributed by atoms with Gasteiger partial charge in [-0.25, -0.2) is 4.85 Å². The number of para-hydroxylation sites is 2. The minimum absolute atomic E-state index is 0.253. The molecule has 75 heavy (non-hydrogen) atoms. The van der Waals surface area contributed by atoms with Crippen LogP contribution in [0.2, 0.25) is 0 Å². The third kappa shape index (κ3) is 5.78. The highest BCUT2D eigenvalue weighted by atomic mass is 16.3. The van der Waals surface area contributed by atoms with Gasteiger partial charge in [-0.05, 0) is 139 Å². The average Bonchev–Trinajstić information content (AvgIpc) is 4.33. The molecular formula is C68H46N6O. The van der Waals surface area contributed by atoms with Crippen LogP contribution in [0, 0.1) is 59.4 Å². The summed E-state index contributed by atoms with van der Waals surface area (Å²) in [6, 6.07) is 63.8. The number of nitrogens with zero attached hydrogens (tertiary/aromatic N) is 6. The zero-order valence-electron chi connectivity index (χ0n) is 42.3. The van der Waals surface area contributed by atoms with Crippen LogP contribution < -0.4 is 0 Å². The lowest BCUT2D eigenvalue weighted by atomic mass is 10.0. The maximum atomic E-state index is 12.4. The van der Waals surface area contributed by atoms with Crippen molar-refractivity contribution >= 4 is 115 Å². The van der Waals surface area contributed by atoms with Gasteiger partial charge in [0.25, 0.3) is 0 Å². The predicted molar refractivity (Wildman–Crippen MR) is 310 cm³/mol. The number of furan rings is 1. The number of aromatic nitrogens is 4. The summed E-state index contributed by atoms with van der Waals surface area (Å²) in [6.07, 6.45) is 0. The van der Waals surface area contributed by atoms with E-state index >= 15 is 0 Å². The van der Waals surface area contributed by atoms with E-state index in [0.29, 0.717) is 11.4 Å². The van der Waals surface area contributed by atoms with Gasteiger partial charge >= 0.3 is 0 Å². The van der Waals surface area contributed by atoms with Gasteiger partial charge in [-0.15, -0.1) is 0 Å². The van der Waals surface area contributed by atoms with Gasteiger partial charge in [-0.3, -0.25) is 0 Å². The number of nitriles is 1. The van der Waals surface area contributed by atoms with Crippen molar-refractivity contribution in [3.8, 4) is 28.8 Å². The zero-order valence-corrected chi connectivity index (χ0v) is 42.3. The molecule has 0 aliphatic rings. The van der Waals surface area contributed by atoms with Gasteiger partial charge < -0.3 is 22.7 Å². The topological polar surface area (TPSA) is 61.0 Å². The van der Waals surface area contributed by atoms with Gasteiger partial charge in [0.1, 0.15) is 11.2 Å². The first-order chi connectivity index (χ1) is 36.6. The molecule has 0 bridgehead atoms. The molecule has 0 atom stereocenters. The van der Waals surface area contributed by atoms with E-state index in [9.17, 15) is 11.8 Å². The summed E-state index contributed by atoms with van der Waals surface area (Å²) >= 11 is 0. The Hall–Kier alpha value is -9.82. The summed E-state index contributed by atoms with van der Waals surface area (Å²) in [6.45, 7) is 22.5. The van der Waals surface area contributed by atoms with Crippen molar-refractivity contribution in [3.05, 3.63) is 220 Å². The van der Waals surface area contributed by atoms with Crippen LogP contribution in [0.15, 0.2) is 174 Å². The van der Waals surface area contributed by atoms with E-state index < -0.39 is 0 Å². The standard InChI is InChI=1S/C68H46N6O/c1-37-16-23-54-46(30-37)47-31-38(2)17-24-55(47)71(54)66-63(70-7)52(36-69)65(74-53-14-10-8-12-43(53)44-22-29-61-62(64(44)74)45-13-9-11-15-60(45)75-61)67(72-56-25-18-39(3)32-48(56)49-33-40(4)19-26-57(49)72)68(66)73-58-27-20-41(5)34-50(58)51-35-42(6)21-28-59(51)73/h8-35H,1-6H3. The molecule has 0 amide bonds. The van der Waals surface area contributed by atoms with Gasteiger partial charge in [0, 0.05) is 48.5 Å². The lowest BCUT2D eigenvalue weighted by Crippen LogP contribution is -2.15. The van der Waals surface area contributed by atoms with Gasteiger partial charge in [-0.1, -0.05) is 106 Å². The molecule has 15 aromatic rings. The van der Waals surface area contributed by atoms with Crippen molar-refractivity contribution in [1.29, 1.82) is 5.26 Å². The van der Waals surface area contributed by atoms with Crippen LogP contribution in [0.4, 0.5) is 5.69 Å². The lowest BCUT2D eigenvalue weighted by molar-refractivity contribution is 0.669. The number of fused-ring (bicyclic) bond motifs is 16. The van der Waals surface area contributed by atoms with Crippen molar-refractivity contribution < 1.29 is 4.42 Å². The molecule has 0 radical (unpaired) electrons. The van der Waals surface area contributed by atoms with Gasteiger partial charge in [0.15, 0.2) is 0 Å². The highest BCUT2D eigenvalue weighted by Gasteiger charge is 2.35. The maximum Gasteiger partial charge on any atom is 0.232 e. The summed E-state index contributed by atoms with van der Waals surface area (Å²) in [7, 11) is 0. The summed E-state index contributed by atoms with van der Waals surface area (Å²) < 4.78 is 16.1. The van der Waals surface area contributed by atoms with Crippen LogP contribution in [0.5, 0.6) is 0 Å². The Morgan fingerprint density at radius 1 is 0.373 bits per heavy atom. The number of hydrogen-bond acceptors (Lipinski definition) is 2. The molecule has 5 aromatic heterocycles. The highest BCUT2D eigenvalue weighted by molar-refractivity contribution is 6.25. The maximum absolute atomic E-state index is 12.4. The Kier molecular flexibility index (Phi) is 8.77. The first-order valence-electron chi connectivity index (χ1n) is 25.5. The second-order valence-electron chi connectivity index (χ2n) is 20.8. The number of rotatable bonds is 4.